The van der Waals surface area contributed by atoms with Crippen LogP contribution in [0.15, 0.2) is 59.5 Å². The molecule has 1 aromatic heterocycles. The van der Waals surface area contributed by atoms with Crippen LogP contribution in [0.2, 0.25) is 5.02 Å². The van der Waals surface area contributed by atoms with E-state index in [4.69, 9.17) is 11.6 Å². The van der Waals surface area contributed by atoms with E-state index in [-0.39, 0.29) is 16.5 Å². The van der Waals surface area contributed by atoms with E-state index >= 15 is 0 Å². The number of hydrogen-bond donors (Lipinski definition) is 1. The molecule has 2 aromatic carbocycles. The van der Waals surface area contributed by atoms with Crippen molar-refractivity contribution < 1.29 is 8.42 Å². The number of aromatic nitrogens is 3. The molecule has 0 atom stereocenters. The molecule has 0 aliphatic carbocycles. The quantitative estimate of drug-likeness (QED) is 0.721. The average Bonchev–Trinajstić information content (AvgIpc) is 3.01. The molecule has 0 unspecified atom stereocenters. The molecule has 3 rings (SSSR count). The summed E-state index contributed by atoms with van der Waals surface area (Å²) < 4.78 is 26.4. The van der Waals surface area contributed by atoms with Crippen molar-refractivity contribution in [2.75, 3.05) is 0 Å². The van der Waals surface area contributed by atoms with Gasteiger partial charge in [0, 0.05) is 10.6 Å². The molecule has 0 spiro atoms. The third-order valence-electron chi connectivity index (χ3n) is 3.15. The molecule has 0 bridgehead atoms. The Morgan fingerprint density at radius 3 is 2.30 bits per heavy atom. The maximum atomic E-state index is 12.7. The van der Waals surface area contributed by atoms with Gasteiger partial charge in [0.25, 0.3) is 10.0 Å². The van der Waals surface area contributed by atoms with Gasteiger partial charge in [-0.3, -0.25) is 0 Å². The zero-order valence-corrected chi connectivity index (χ0v) is 14.3. The lowest BCUT2D eigenvalue weighted by Gasteiger charge is -2.05. The molecule has 0 amide bonds. The Labute approximate surface area is 144 Å². The lowest BCUT2D eigenvalue weighted by atomic mass is 10.2. The van der Waals surface area contributed by atoms with Crippen molar-refractivity contribution in [1.29, 1.82) is 0 Å². The maximum Gasteiger partial charge on any atom is 0.284 e. The van der Waals surface area contributed by atoms with Gasteiger partial charge in [0.05, 0.1) is 10.6 Å². The summed E-state index contributed by atoms with van der Waals surface area (Å²) >= 11 is 10.0. The van der Waals surface area contributed by atoms with Crippen LogP contribution in [0, 0.1) is 0 Å². The SMILES string of the molecule is O=S(=O)(c1ccccc1)n1nc(-c2ccc(Cl)cc2)nc1CS. The van der Waals surface area contributed by atoms with Crippen LogP contribution in [0.25, 0.3) is 11.4 Å². The molecule has 0 aliphatic heterocycles. The van der Waals surface area contributed by atoms with Crippen molar-refractivity contribution in [3.8, 4) is 11.4 Å². The van der Waals surface area contributed by atoms with Gasteiger partial charge in [0.15, 0.2) is 11.6 Å². The highest BCUT2D eigenvalue weighted by atomic mass is 35.5. The van der Waals surface area contributed by atoms with Crippen molar-refractivity contribution >= 4 is 34.3 Å². The second-order valence-electron chi connectivity index (χ2n) is 4.68. The second-order valence-corrected chi connectivity index (χ2v) is 7.20. The Balaban J connectivity index is 2.12. The van der Waals surface area contributed by atoms with E-state index < -0.39 is 10.0 Å². The van der Waals surface area contributed by atoms with Crippen LogP contribution in [-0.4, -0.2) is 22.6 Å². The summed E-state index contributed by atoms with van der Waals surface area (Å²) in [5, 5.41) is 4.74. The molecular formula is C15H12ClN3O2S2. The van der Waals surface area contributed by atoms with Gasteiger partial charge < -0.3 is 0 Å². The Morgan fingerprint density at radius 1 is 1.04 bits per heavy atom. The van der Waals surface area contributed by atoms with Crippen molar-refractivity contribution in [3.63, 3.8) is 0 Å². The highest BCUT2D eigenvalue weighted by Gasteiger charge is 2.23. The summed E-state index contributed by atoms with van der Waals surface area (Å²) in [5.74, 6) is 0.708. The first-order valence-corrected chi connectivity index (χ1v) is 9.11. The average molecular weight is 366 g/mol. The monoisotopic (exact) mass is 365 g/mol. The van der Waals surface area contributed by atoms with Crippen LogP contribution in [0.5, 0.6) is 0 Å². The highest BCUT2D eigenvalue weighted by Crippen LogP contribution is 2.22. The minimum atomic E-state index is -3.81. The van der Waals surface area contributed by atoms with Gasteiger partial charge in [0.2, 0.25) is 0 Å². The molecule has 3 aromatic rings. The Hall–Kier alpha value is -1.83. The van der Waals surface area contributed by atoms with Crippen LogP contribution in [0.1, 0.15) is 5.82 Å². The van der Waals surface area contributed by atoms with E-state index in [0.29, 0.717) is 16.4 Å². The topological polar surface area (TPSA) is 64.8 Å². The molecule has 0 fully saturated rings. The number of rotatable bonds is 4. The van der Waals surface area contributed by atoms with Gasteiger partial charge in [-0.1, -0.05) is 29.8 Å². The van der Waals surface area contributed by atoms with Crippen LogP contribution in [0.4, 0.5) is 0 Å². The zero-order valence-electron chi connectivity index (χ0n) is 11.8. The standard InChI is InChI=1S/C15H12ClN3O2S2/c16-12-8-6-11(7-9-12)15-17-14(10-22)19(18-15)23(20,21)13-4-2-1-3-5-13/h1-9,22H,10H2. The van der Waals surface area contributed by atoms with E-state index in [9.17, 15) is 8.42 Å². The predicted molar refractivity (Wildman–Crippen MR) is 92.2 cm³/mol. The Kier molecular flexibility index (Phi) is 4.43. The first-order valence-electron chi connectivity index (χ1n) is 6.66. The molecule has 0 radical (unpaired) electrons. The van der Waals surface area contributed by atoms with E-state index in [1.807, 2.05) is 0 Å². The molecule has 8 heteroatoms. The fourth-order valence-electron chi connectivity index (χ4n) is 2.03. The summed E-state index contributed by atoms with van der Waals surface area (Å²) in [7, 11) is -3.81. The minimum Gasteiger partial charge on any atom is -0.210 e. The second kappa shape index (κ2) is 6.35. The normalized spacial score (nSPS) is 11.6. The lowest BCUT2D eigenvalue weighted by molar-refractivity contribution is 0.578. The molecule has 23 heavy (non-hydrogen) atoms. The molecule has 5 nitrogen and oxygen atoms in total. The molecule has 118 valence electrons. The van der Waals surface area contributed by atoms with Crippen molar-refractivity contribution in [2.45, 2.75) is 10.6 Å². The van der Waals surface area contributed by atoms with Crippen LogP contribution in [-0.2, 0) is 15.8 Å². The van der Waals surface area contributed by atoms with E-state index in [0.717, 1.165) is 4.09 Å². The molecule has 1 heterocycles. The summed E-state index contributed by atoms with van der Waals surface area (Å²) in [4.78, 5) is 4.42. The number of hydrogen-bond acceptors (Lipinski definition) is 5. The molecule has 0 saturated carbocycles. The summed E-state index contributed by atoms with van der Waals surface area (Å²) in [6, 6.07) is 15.0. The first kappa shape index (κ1) is 16.0. The summed E-state index contributed by atoms with van der Waals surface area (Å²) in [5.41, 5.74) is 0.680. The van der Waals surface area contributed by atoms with E-state index in [2.05, 4.69) is 22.7 Å². The van der Waals surface area contributed by atoms with Crippen molar-refractivity contribution in [1.82, 2.24) is 14.2 Å². The smallest absolute Gasteiger partial charge is 0.210 e. The van der Waals surface area contributed by atoms with Crippen LogP contribution < -0.4 is 0 Å². The molecule has 0 aliphatic rings. The minimum absolute atomic E-state index is 0.145. The van der Waals surface area contributed by atoms with E-state index in [1.165, 1.54) is 12.1 Å². The Morgan fingerprint density at radius 2 is 1.70 bits per heavy atom. The lowest BCUT2D eigenvalue weighted by Crippen LogP contribution is -2.17. The molecule has 0 saturated heterocycles. The highest BCUT2D eigenvalue weighted by molar-refractivity contribution is 7.90. The van der Waals surface area contributed by atoms with Gasteiger partial charge in [0.1, 0.15) is 0 Å². The third-order valence-corrected chi connectivity index (χ3v) is 5.30. The fourth-order valence-corrected chi connectivity index (χ4v) is 3.73. The molecular weight excluding hydrogens is 354 g/mol. The number of halogens is 1. The predicted octanol–water partition coefficient (Wildman–Crippen LogP) is 3.27. The van der Waals surface area contributed by atoms with Gasteiger partial charge >= 0.3 is 0 Å². The van der Waals surface area contributed by atoms with Gasteiger partial charge in [-0.05, 0) is 36.4 Å². The van der Waals surface area contributed by atoms with Crippen LogP contribution >= 0.6 is 24.2 Å². The summed E-state index contributed by atoms with van der Waals surface area (Å²) in [6.45, 7) is 0. The number of thiol groups is 1. The maximum absolute atomic E-state index is 12.7. The van der Waals surface area contributed by atoms with Crippen LogP contribution in [0.3, 0.4) is 0 Å². The number of nitrogens with zero attached hydrogens (tertiary/aromatic N) is 3. The summed E-state index contributed by atoms with van der Waals surface area (Å²) in [6.07, 6.45) is 0. The zero-order chi connectivity index (χ0) is 16.4. The van der Waals surface area contributed by atoms with Gasteiger partial charge in [-0.2, -0.15) is 21.0 Å². The van der Waals surface area contributed by atoms with E-state index in [1.54, 1.807) is 42.5 Å². The van der Waals surface area contributed by atoms with Crippen molar-refractivity contribution in [2.24, 2.45) is 0 Å². The largest absolute Gasteiger partial charge is 0.284 e. The number of benzene rings is 2. The van der Waals surface area contributed by atoms with Crippen molar-refractivity contribution in [3.05, 3.63) is 65.4 Å². The Bertz CT molecular complexity index is 923. The third kappa shape index (κ3) is 3.12. The molecule has 0 N–H and O–H groups in total. The first-order chi connectivity index (χ1) is 11.0. The van der Waals surface area contributed by atoms with Gasteiger partial charge in [-0.15, -0.1) is 9.19 Å². The van der Waals surface area contributed by atoms with Gasteiger partial charge in [-0.25, -0.2) is 4.98 Å². The fraction of sp³-hybridized carbons (Fsp3) is 0.0667.